The summed E-state index contributed by atoms with van der Waals surface area (Å²) in [6.07, 6.45) is 0. The third kappa shape index (κ3) is 4.56. The first-order valence-electron chi connectivity index (χ1n) is 4.53. The van der Waals surface area contributed by atoms with Crippen LogP contribution in [-0.4, -0.2) is 35.5 Å². The fraction of sp³-hybridized carbons (Fsp3) is 0.455. The van der Waals surface area contributed by atoms with Crippen LogP contribution in [0.2, 0.25) is 0 Å². The van der Waals surface area contributed by atoms with Gasteiger partial charge in [-0.3, -0.25) is 0 Å². The average molecular weight is 213 g/mol. The minimum atomic E-state index is 0.740. The lowest BCUT2D eigenvalue weighted by atomic mass is 10.3. The third-order valence-corrected chi connectivity index (χ3v) is 1.67. The van der Waals surface area contributed by atoms with Gasteiger partial charge in [0.15, 0.2) is 11.5 Å². The summed E-state index contributed by atoms with van der Waals surface area (Å²) in [7, 11) is 8.36. The molecule has 4 heteroatoms. The Balaban J connectivity index is 0.000000583. The van der Waals surface area contributed by atoms with Gasteiger partial charge in [0.25, 0.3) is 0 Å². The van der Waals surface area contributed by atoms with E-state index in [0.717, 1.165) is 17.2 Å². The average Bonchev–Trinajstić information content (AvgIpc) is 2.29. The second kappa shape index (κ2) is 7.94. The second-order valence-corrected chi connectivity index (χ2v) is 2.73. The van der Waals surface area contributed by atoms with Crippen molar-refractivity contribution in [1.29, 1.82) is 0 Å². The number of ether oxygens (including phenoxy) is 3. The molecule has 1 aromatic rings. The highest BCUT2D eigenvalue weighted by molar-refractivity contribution is 5.54. The molecule has 0 aliphatic carbocycles. The first-order chi connectivity index (χ1) is 7.23. The monoisotopic (exact) mass is 213 g/mol. The Morgan fingerprint density at radius 1 is 0.933 bits per heavy atom. The highest BCUT2D eigenvalue weighted by Crippen LogP contribution is 2.29. The van der Waals surface area contributed by atoms with Gasteiger partial charge in [0, 0.05) is 33.0 Å². The Hall–Kier alpha value is -1.42. The summed E-state index contributed by atoms with van der Waals surface area (Å²) < 4.78 is 14.4. The van der Waals surface area contributed by atoms with Gasteiger partial charge < -0.3 is 19.5 Å². The normalized spacial score (nSPS) is 8.60. The molecular formula is C11H19NO3. The first kappa shape index (κ1) is 13.6. The Morgan fingerprint density at radius 3 is 1.87 bits per heavy atom. The second-order valence-electron chi connectivity index (χ2n) is 2.73. The summed E-state index contributed by atoms with van der Waals surface area (Å²) in [5, 5.41) is 3.02. The molecule has 86 valence electrons. The smallest absolute Gasteiger partial charge is 0.162 e. The van der Waals surface area contributed by atoms with Crippen LogP contribution in [0.1, 0.15) is 0 Å². The molecule has 4 nitrogen and oxygen atoms in total. The third-order valence-electron chi connectivity index (χ3n) is 1.67. The van der Waals surface area contributed by atoms with Crippen LogP contribution in [0.5, 0.6) is 11.5 Å². The molecule has 0 aliphatic rings. The van der Waals surface area contributed by atoms with Crippen molar-refractivity contribution in [3.63, 3.8) is 0 Å². The number of nitrogens with one attached hydrogen (secondary N) is 1. The van der Waals surface area contributed by atoms with Gasteiger partial charge in [-0.05, 0) is 12.1 Å². The Labute approximate surface area is 91.2 Å². The molecule has 0 unspecified atom stereocenters. The summed E-state index contributed by atoms with van der Waals surface area (Å²) in [5.41, 5.74) is 1.01. The lowest BCUT2D eigenvalue weighted by molar-refractivity contribution is 0.277. The van der Waals surface area contributed by atoms with Gasteiger partial charge in [-0.1, -0.05) is 0 Å². The number of hydrogen-bond donors (Lipinski definition) is 1. The number of methoxy groups -OCH3 is 3. The summed E-state index contributed by atoms with van der Waals surface area (Å²) in [6.45, 7) is 0. The Morgan fingerprint density at radius 2 is 1.47 bits per heavy atom. The van der Waals surface area contributed by atoms with E-state index in [1.807, 2.05) is 25.2 Å². The molecule has 0 aromatic heterocycles. The SMILES string of the molecule is CNc1ccc(OC)c(OC)c1.COC. The fourth-order valence-electron chi connectivity index (χ4n) is 0.992. The molecule has 15 heavy (non-hydrogen) atoms. The summed E-state index contributed by atoms with van der Waals surface area (Å²) in [4.78, 5) is 0. The lowest BCUT2D eigenvalue weighted by Gasteiger charge is -2.08. The van der Waals surface area contributed by atoms with E-state index in [1.54, 1.807) is 28.4 Å². The molecule has 0 bridgehead atoms. The summed E-state index contributed by atoms with van der Waals surface area (Å²) >= 11 is 0. The quantitative estimate of drug-likeness (QED) is 0.833. The van der Waals surface area contributed by atoms with Crippen LogP contribution in [0.15, 0.2) is 18.2 Å². The van der Waals surface area contributed by atoms with E-state index >= 15 is 0 Å². The number of hydrogen-bond acceptors (Lipinski definition) is 4. The highest BCUT2D eigenvalue weighted by Gasteiger charge is 2.02. The van der Waals surface area contributed by atoms with E-state index in [4.69, 9.17) is 9.47 Å². The van der Waals surface area contributed by atoms with Gasteiger partial charge >= 0.3 is 0 Å². The molecule has 0 radical (unpaired) electrons. The number of benzene rings is 1. The zero-order chi connectivity index (χ0) is 11.7. The van der Waals surface area contributed by atoms with Crippen LogP contribution in [0.3, 0.4) is 0 Å². The van der Waals surface area contributed by atoms with Crippen molar-refractivity contribution in [2.45, 2.75) is 0 Å². The zero-order valence-electron chi connectivity index (χ0n) is 9.96. The van der Waals surface area contributed by atoms with E-state index in [0.29, 0.717) is 0 Å². The fourth-order valence-corrected chi connectivity index (χ4v) is 0.992. The summed E-state index contributed by atoms with van der Waals surface area (Å²) in [6, 6.07) is 5.69. The van der Waals surface area contributed by atoms with E-state index in [-0.39, 0.29) is 0 Å². The van der Waals surface area contributed by atoms with E-state index in [9.17, 15) is 0 Å². The molecule has 0 saturated carbocycles. The lowest BCUT2D eigenvalue weighted by Crippen LogP contribution is -1.93. The summed E-state index contributed by atoms with van der Waals surface area (Å²) in [5.74, 6) is 1.49. The molecule has 1 rings (SSSR count). The molecule has 0 spiro atoms. The van der Waals surface area contributed by atoms with Crippen LogP contribution >= 0.6 is 0 Å². The Bertz CT molecular complexity index is 277. The maximum atomic E-state index is 5.11. The number of anilines is 1. The molecule has 0 atom stereocenters. The predicted molar refractivity (Wildman–Crippen MR) is 62.0 cm³/mol. The van der Waals surface area contributed by atoms with E-state index in [2.05, 4.69) is 10.1 Å². The minimum Gasteiger partial charge on any atom is -0.493 e. The van der Waals surface area contributed by atoms with Crippen LogP contribution in [0.25, 0.3) is 0 Å². The van der Waals surface area contributed by atoms with Crippen molar-refractivity contribution in [3.05, 3.63) is 18.2 Å². The topological polar surface area (TPSA) is 39.7 Å². The van der Waals surface area contributed by atoms with Crippen molar-refractivity contribution in [2.24, 2.45) is 0 Å². The van der Waals surface area contributed by atoms with Crippen LogP contribution in [0, 0.1) is 0 Å². The van der Waals surface area contributed by atoms with Crippen molar-refractivity contribution in [2.75, 3.05) is 40.8 Å². The van der Waals surface area contributed by atoms with Crippen molar-refractivity contribution < 1.29 is 14.2 Å². The molecule has 0 aliphatic heterocycles. The maximum Gasteiger partial charge on any atom is 0.162 e. The minimum absolute atomic E-state index is 0.740. The van der Waals surface area contributed by atoms with Crippen molar-refractivity contribution in [1.82, 2.24) is 0 Å². The van der Waals surface area contributed by atoms with Crippen molar-refractivity contribution >= 4 is 5.69 Å². The van der Waals surface area contributed by atoms with Gasteiger partial charge in [0.2, 0.25) is 0 Å². The molecule has 0 fully saturated rings. The molecule has 0 heterocycles. The Kier molecular flexibility index (Phi) is 7.18. The zero-order valence-corrected chi connectivity index (χ0v) is 9.96. The highest BCUT2D eigenvalue weighted by atomic mass is 16.5. The van der Waals surface area contributed by atoms with Crippen LogP contribution in [0.4, 0.5) is 5.69 Å². The van der Waals surface area contributed by atoms with Crippen LogP contribution < -0.4 is 14.8 Å². The van der Waals surface area contributed by atoms with Crippen molar-refractivity contribution in [3.8, 4) is 11.5 Å². The largest absolute Gasteiger partial charge is 0.493 e. The van der Waals surface area contributed by atoms with Gasteiger partial charge in [-0.25, -0.2) is 0 Å². The van der Waals surface area contributed by atoms with Gasteiger partial charge in [-0.15, -0.1) is 0 Å². The van der Waals surface area contributed by atoms with Gasteiger partial charge in [0.1, 0.15) is 0 Å². The van der Waals surface area contributed by atoms with Gasteiger partial charge in [0.05, 0.1) is 14.2 Å². The standard InChI is InChI=1S/C9H13NO2.C2H6O/c1-10-7-4-5-8(11-2)9(6-7)12-3;1-3-2/h4-6,10H,1-3H3;1-2H3. The first-order valence-corrected chi connectivity index (χ1v) is 4.53. The molecular weight excluding hydrogens is 194 g/mol. The van der Waals surface area contributed by atoms with E-state index in [1.165, 1.54) is 0 Å². The predicted octanol–water partition coefficient (Wildman–Crippen LogP) is 2.01. The number of rotatable bonds is 3. The van der Waals surface area contributed by atoms with Crippen LogP contribution in [-0.2, 0) is 4.74 Å². The molecule has 0 amide bonds. The maximum absolute atomic E-state index is 5.11. The molecule has 1 aromatic carbocycles. The van der Waals surface area contributed by atoms with E-state index < -0.39 is 0 Å². The molecule has 0 saturated heterocycles. The molecule has 1 N–H and O–H groups in total. The van der Waals surface area contributed by atoms with Gasteiger partial charge in [-0.2, -0.15) is 0 Å².